The van der Waals surface area contributed by atoms with Crippen molar-refractivity contribution in [1.82, 2.24) is 19.5 Å². The maximum absolute atomic E-state index is 12.5. The van der Waals surface area contributed by atoms with Crippen molar-refractivity contribution >= 4 is 22.9 Å². The highest BCUT2D eigenvalue weighted by Gasteiger charge is 2.35. The van der Waals surface area contributed by atoms with E-state index in [0.717, 1.165) is 5.56 Å². The lowest BCUT2D eigenvalue weighted by Crippen LogP contribution is -2.24. The Balaban J connectivity index is 1.61. The summed E-state index contributed by atoms with van der Waals surface area (Å²) in [5, 5.41) is 21.9. The Morgan fingerprint density at radius 3 is 2.78 bits per heavy atom. The van der Waals surface area contributed by atoms with Gasteiger partial charge >= 0.3 is 0 Å². The minimum absolute atomic E-state index is 0.267. The highest BCUT2D eigenvalue weighted by Crippen LogP contribution is 2.31. The van der Waals surface area contributed by atoms with E-state index in [1.54, 1.807) is 16.7 Å². The van der Waals surface area contributed by atoms with Gasteiger partial charge in [-0.25, -0.2) is 15.0 Å². The Morgan fingerprint density at radius 1 is 1.30 bits per heavy atom. The van der Waals surface area contributed by atoms with Crippen molar-refractivity contribution in [2.24, 2.45) is 0 Å². The van der Waals surface area contributed by atoms with Gasteiger partial charge in [0.25, 0.3) is 5.91 Å². The number of benzene rings is 1. The van der Waals surface area contributed by atoms with E-state index < -0.39 is 18.4 Å². The fourth-order valence-electron chi connectivity index (χ4n) is 3.09. The highest BCUT2D eigenvalue weighted by atomic mass is 16.5. The summed E-state index contributed by atoms with van der Waals surface area (Å²) in [6.45, 7) is 1.68. The maximum atomic E-state index is 12.5. The second-order valence-corrected chi connectivity index (χ2v) is 6.48. The summed E-state index contributed by atoms with van der Waals surface area (Å²) in [5.74, 6) is -0.000915. The molecule has 3 N–H and O–H groups in total. The number of carbonyl (C=O) groups excluding carboxylic acids is 1. The molecule has 0 aliphatic carbocycles. The molecule has 9 nitrogen and oxygen atoms in total. The van der Waals surface area contributed by atoms with Crippen LogP contribution in [0.5, 0.6) is 0 Å². The molecular weight excluding hydrogens is 350 g/mol. The Morgan fingerprint density at radius 2 is 2.07 bits per heavy atom. The molecule has 0 unspecified atom stereocenters. The number of aliphatic hydroxyl groups excluding tert-OH is 2. The average Bonchev–Trinajstić information content (AvgIpc) is 3.26. The van der Waals surface area contributed by atoms with Crippen LogP contribution in [0.2, 0.25) is 0 Å². The number of aromatic nitrogens is 4. The van der Waals surface area contributed by atoms with Crippen molar-refractivity contribution < 1.29 is 19.7 Å². The van der Waals surface area contributed by atoms with Gasteiger partial charge in [0, 0.05) is 12.0 Å². The first-order valence-corrected chi connectivity index (χ1v) is 8.56. The lowest BCUT2D eigenvalue weighted by Gasteiger charge is -2.13. The number of nitrogens with one attached hydrogen (secondary N) is 1. The second kappa shape index (κ2) is 7.03. The number of amides is 1. The summed E-state index contributed by atoms with van der Waals surface area (Å²) in [6.07, 6.45) is 1.26. The average molecular weight is 369 g/mol. The van der Waals surface area contributed by atoms with E-state index in [0.29, 0.717) is 29.0 Å². The van der Waals surface area contributed by atoms with Gasteiger partial charge in [0.15, 0.2) is 17.0 Å². The van der Waals surface area contributed by atoms with Crippen LogP contribution in [0.15, 0.2) is 36.9 Å². The quantitative estimate of drug-likeness (QED) is 0.628. The van der Waals surface area contributed by atoms with E-state index in [1.807, 2.05) is 19.1 Å². The minimum atomic E-state index is -0.764. The molecule has 2 aromatic heterocycles. The number of carbonyl (C=O) groups is 1. The summed E-state index contributed by atoms with van der Waals surface area (Å²) < 4.78 is 7.32. The van der Waals surface area contributed by atoms with Gasteiger partial charge in [0.1, 0.15) is 18.7 Å². The number of hydrogen-bond acceptors (Lipinski definition) is 7. The molecule has 0 spiro atoms. The number of imidazole rings is 1. The zero-order valence-electron chi connectivity index (χ0n) is 14.6. The number of aryl methyl sites for hydroxylation is 1. The lowest BCUT2D eigenvalue weighted by molar-refractivity contribution is -0.0432. The first-order valence-electron chi connectivity index (χ1n) is 8.56. The van der Waals surface area contributed by atoms with E-state index in [1.165, 1.54) is 12.7 Å². The van der Waals surface area contributed by atoms with Crippen molar-refractivity contribution in [2.45, 2.75) is 31.8 Å². The number of rotatable bonds is 4. The molecule has 1 aliphatic heterocycles. The van der Waals surface area contributed by atoms with Crippen molar-refractivity contribution in [3.8, 4) is 0 Å². The van der Waals surface area contributed by atoms with Gasteiger partial charge in [-0.15, -0.1) is 0 Å². The molecule has 3 heterocycles. The van der Waals surface area contributed by atoms with Gasteiger partial charge in [-0.05, 0) is 19.1 Å². The predicted molar refractivity (Wildman–Crippen MR) is 96.1 cm³/mol. The van der Waals surface area contributed by atoms with Gasteiger partial charge in [-0.1, -0.05) is 17.7 Å². The van der Waals surface area contributed by atoms with Crippen molar-refractivity contribution in [1.29, 1.82) is 0 Å². The fraction of sp³-hybridized carbons (Fsp3) is 0.333. The van der Waals surface area contributed by atoms with Crippen LogP contribution in [0, 0.1) is 6.92 Å². The summed E-state index contributed by atoms with van der Waals surface area (Å²) in [5.41, 5.74) is 2.47. The third-order valence-corrected chi connectivity index (χ3v) is 4.60. The molecule has 1 aromatic carbocycles. The van der Waals surface area contributed by atoms with E-state index in [4.69, 9.17) is 4.74 Å². The monoisotopic (exact) mass is 369 g/mol. The molecule has 140 valence electrons. The van der Waals surface area contributed by atoms with Gasteiger partial charge in [-0.2, -0.15) is 0 Å². The van der Waals surface area contributed by atoms with Crippen LogP contribution in [0.25, 0.3) is 11.2 Å². The topological polar surface area (TPSA) is 122 Å². The molecule has 0 bridgehead atoms. The Kier molecular flexibility index (Phi) is 4.56. The van der Waals surface area contributed by atoms with Crippen LogP contribution in [-0.2, 0) is 4.74 Å². The van der Waals surface area contributed by atoms with E-state index in [2.05, 4.69) is 20.3 Å². The molecular formula is C18H19N5O4. The van der Waals surface area contributed by atoms with Gasteiger partial charge < -0.3 is 20.3 Å². The van der Waals surface area contributed by atoms with Crippen LogP contribution in [0.3, 0.4) is 0 Å². The van der Waals surface area contributed by atoms with Crippen LogP contribution >= 0.6 is 0 Å². The summed E-state index contributed by atoms with van der Waals surface area (Å²) >= 11 is 0. The third kappa shape index (κ3) is 3.27. The number of ether oxygens (including phenoxy) is 1. The Bertz CT molecular complexity index is 972. The predicted octanol–water partition coefficient (Wildman–Crippen LogP) is 1.03. The van der Waals surface area contributed by atoms with E-state index in [9.17, 15) is 15.0 Å². The molecule has 9 heteroatoms. The van der Waals surface area contributed by atoms with Crippen molar-refractivity contribution in [2.75, 3.05) is 11.9 Å². The minimum Gasteiger partial charge on any atom is -0.394 e. The molecule has 1 saturated heterocycles. The summed E-state index contributed by atoms with van der Waals surface area (Å²) in [7, 11) is 0. The Hall–Kier alpha value is -2.88. The first-order chi connectivity index (χ1) is 13.1. The number of fused-ring (bicyclic) bond motifs is 1. The smallest absolute Gasteiger partial charge is 0.256 e. The highest BCUT2D eigenvalue weighted by molar-refractivity contribution is 6.06. The van der Waals surface area contributed by atoms with Gasteiger partial charge in [0.2, 0.25) is 0 Å². The molecule has 0 radical (unpaired) electrons. The second-order valence-electron chi connectivity index (χ2n) is 6.48. The van der Waals surface area contributed by atoms with Crippen LogP contribution in [0.1, 0.15) is 28.6 Å². The standard InChI is InChI=1S/C18H19N5O4/c1-10-2-4-11(5-3-10)18(26)22-16-15-17(20-8-19-16)23(9-21-15)14-6-12(25)13(7-24)27-14/h2-5,8-9,12-14,24-25H,6-7H2,1H3,(H,19,20,22,26)/t12-,13+,14+/m0/s1. The molecule has 27 heavy (non-hydrogen) atoms. The number of nitrogens with zero attached hydrogens (tertiary/aromatic N) is 4. The molecule has 1 amide bonds. The van der Waals surface area contributed by atoms with Crippen LogP contribution in [0.4, 0.5) is 5.82 Å². The molecule has 3 aromatic rings. The molecule has 1 aliphatic rings. The fourth-order valence-corrected chi connectivity index (χ4v) is 3.09. The largest absolute Gasteiger partial charge is 0.394 e. The zero-order chi connectivity index (χ0) is 19.0. The normalized spacial score (nSPS) is 22.3. The van der Waals surface area contributed by atoms with Crippen LogP contribution < -0.4 is 5.32 Å². The molecule has 4 rings (SSSR count). The van der Waals surface area contributed by atoms with Crippen LogP contribution in [-0.4, -0.2) is 54.5 Å². The van der Waals surface area contributed by atoms with E-state index >= 15 is 0 Å². The molecule has 1 fully saturated rings. The lowest BCUT2D eigenvalue weighted by atomic mass is 10.1. The molecule has 3 atom stereocenters. The van der Waals surface area contributed by atoms with E-state index in [-0.39, 0.29) is 12.5 Å². The zero-order valence-corrected chi connectivity index (χ0v) is 14.6. The third-order valence-electron chi connectivity index (χ3n) is 4.60. The van der Waals surface area contributed by atoms with Gasteiger partial charge in [0.05, 0.1) is 19.0 Å². The van der Waals surface area contributed by atoms with Gasteiger partial charge in [-0.3, -0.25) is 9.36 Å². The first kappa shape index (κ1) is 17.5. The van der Waals surface area contributed by atoms with Crippen molar-refractivity contribution in [3.63, 3.8) is 0 Å². The SMILES string of the molecule is Cc1ccc(C(=O)Nc2ncnc3c2ncn3[C@H]2C[C@H](O)[C@@H](CO)O2)cc1. The maximum Gasteiger partial charge on any atom is 0.256 e. The summed E-state index contributed by atoms with van der Waals surface area (Å²) in [6, 6.07) is 7.20. The Labute approximate surface area is 154 Å². The number of hydrogen-bond donors (Lipinski definition) is 3. The number of anilines is 1. The number of aliphatic hydroxyl groups is 2. The molecule has 0 saturated carbocycles. The van der Waals surface area contributed by atoms with Crippen molar-refractivity contribution in [3.05, 3.63) is 48.0 Å². The summed E-state index contributed by atoms with van der Waals surface area (Å²) in [4.78, 5) is 25.1.